The fourth-order valence-electron chi connectivity index (χ4n) is 1.58. The lowest BCUT2D eigenvalue weighted by molar-refractivity contribution is -0.139. The number of amides is 2. The van der Waals surface area contributed by atoms with Gasteiger partial charge < -0.3 is 15.3 Å². The van der Waals surface area contributed by atoms with Crippen molar-refractivity contribution in [2.45, 2.75) is 19.0 Å². The van der Waals surface area contributed by atoms with E-state index in [0.717, 1.165) is 11.8 Å². The Morgan fingerprint density at radius 2 is 2.14 bits per heavy atom. The summed E-state index contributed by atoms with van der Waals surface area (Å²) in [7, 11) is -1.73. The predicted molar refractivity (Wildman–Crippen MR) is 80.1 cm³/mol. The summed E-state index contributed by atoms with van der Waals surface area (Å²) in [5.41, 5.74) is 0.945. The molecule has 9 heteroatoms. The first kappa shape index (κ1) is 17.4. The smallest absolute Gasteiger partial charge is 0.326 e. The third-order valence-electron chi connectivity index (χ3n) is 2.72. The number of hydrogen-bond donors (Lipinski definition) is 2. The van der Waals surface area contributed by atoms with Crippen LogP contribution in [-0.2, 0) is 21.2 Å². The SMILES string of the molecule is CN(Cc1ccsc1)C(=O)NC(CCS(C)(=O)=O)C(=O)O. The first-order valence-corrected chi connectivity index (χ1v) is 9.12. The van der Waals surface area contributed by atoms with E-state index in [0.29, 0.717) is 6.54 Å². The van der Waals surface area contributed by atoms with E-state index >= 15 is 0 Å². The van der Waals surface area contributed by atoms with Gasteiger partial charge in [0, 0.05) is 19.8 Å². The minimum Gasteiger partial charge on any atom is -0.480 e. The zero-order chi connectivity index (χ0) is 16.0. The molecular weight excluding hydrogens is 316 g/mol. The van der Waals surface area contributed by atoms with Gasteiger partial charge in [0.15, 0.2) is 0 Å². The molecule has 1 heterocycles. The zero-order valence-electron chi connectivity index (χ0n) is 11.8. The average molecular weight is 334 g/mol. The number of carboxylic acid groups (broad SMARTS) is 1. The number of urea groups is 1. The Hall–Kier alpha value is -1.61. The molecule has 0 fully saturated rings. The van der Waals surface area contributed by atoms with Crippen LogP contribution in [0.25, 0.3) is 0 Å². The number of aliphatic carboxylic acids is 1. The van der Waals surface area contributed by atoms with Crippen LogP contribution in [0, 0.1) is 0 Å². The Bertz CT molecular complexity index is 583. The molecule has 21 heavy (non-hydrogen) atoms. The molecule has 0 aliphatic carbocycles. The van der Waals surface area contributed by atoms with Crippen molar-refractivity contribution in [3.63, 3.8) is 0 Å². The molecule has 0 aromatic carbocycles. The molecule has 0 bridgehead atoms. The standard InChI is InChI=1S/C12H18N2O5S2/c1-14(7-9-3-5-20-8-9)12(17)13-10(11(15)16)4-6-21(2,18)19/h3,5,8,10H,4,6-7H2,1-2H3,(H,13,17)(H,15,16). The van der Waals surface area contributed by atoms with Gasteiger partial charge in [-0.15, -0.1) is 0 Å². The fraction of sp³-hybridized carbons (Fsp3) is 0.500. The number of rotatable bonds is 7. The Morgan fingerprint density at radius 1 is 1.48 bits per heavy atom. The second-order valence-corrected chi connectivity index (χ2v) is 7.79. The monoisotopic (exact) mass is 334 g/mol. The van der Waals surface area contributed by atoms with Gasteiger partial charge in [0.05, 0.1) is 5.75 Å². The van der Waals surface area contributed by atoms with Crippen LogP contribution in [0.4, 0.5) is 4.79 Å². The van der Waals surface area contributed by atoms with Crippen LogP contribution in [0.1, 0.15) is 12.0 Å². The van der Waals surface area contributed by atoms with E-state index in [1.807, 2.05) is 16.8 Å². The second-order valence-electron chi connectivity index (χ2n) is 4.75. The molecule has 1 unspecified atom stereocenters. The molecular formula is C12H18N2O5S2. The summed E-state index contributed by atoms with van der Waals surface area (Å²) < 4.78 is 22.1. The third-order valence-corrected chi connectivity index (χ3v) is 4.43. The highest BCUT2D eigenvalue weighted by Crippen LogP contribution is 2.08. The molecule has 0 saturated carbocycles. The van der Waals surface area contributed by atoms with E-state index in [4.69, 9.17) is 5.11 Å². The van der Waals surface area contributed by atoms with E-state index in [1.165, 1.54) is 16.2 Å². The number of carbonyl (C=O) groups excluding carboxylic acids is 1. The quantitative estimate of drug-likeness (QED) is 0.767. The topological polar surface area (TPSA) is 104 Å². The van der Waals surface area contributed by atoms with Gasteiger partial charge in [-0.1, -0.05) is 0 Å². The molecule has 0 radical (unpaired) electrons. The predicted octanol–water partition coefficient (Wildman–Crippen LogP) is 0.777. The van der Waals surface area contributed by atoms with E-state index in [-0.39, 0.29) is 12.2 Å². The lowest BCUT2D eigenvalue weighted by Crippen LogP contribution is -2.47. The number of sulfone groups is 1. The van der Waals surface area contributed by atoms with E-state index in [2.05, 4.69) is 5.32 Å². The molecule has 7 nitrogen and oxygen atoms in total. The largest absolute Gasteiger partial charge is 0.480 e. The van der Waals surface area contributed by atoms with Crippen molar-refractivity contribution in [1.82, 2.24) is 10.2 Å². The van der Waals surface area contributed by atoms with Gasteiger partial charge in [-0.2, -0.15) is 11.3 Å². The minimum absolute atomic E-state index is 0.161. The molecule has 118 valence electrons. The van der Waals surface area contributed by atoms with Crippen molar-refractivity contribution < 1.29 is 23.1 Å². The maximum absolute atomic E-state index is 11.9. The molecule has 2 N–H and O–H groups in total. The number of hydrogen-bond acceptors (Lipinski definition) is 5. The summed E-state index contributed by atoms with van der Waals surface area (Å²) in [6, 6.07) is 0.0894. The second kappa shape index (κ2) is 7.41. The van der Waals surface area contributed by atoms with E-state index < -0.39 is 27.9 Å². The van der Waals surface area contributed by atoms with Gasteiger partial charge in [0.2, 0.25) is 0 Å². The van der Waals surface area contributed by atoms with Crippen molar-refractivity contribution in [3.8, 4) is 0 Å². The van der Waals surface area contributed by atoms with Gasteiger partial charge >= 0.3 is 12.0 Å². The third kappa shape index (κ3) is 6.58. The summed E-state index contributed by atoms with van der Waals surface area (Å²) >= 11 is 1.50. The Balaban J connectivity index is 2.57. The van der Waals surface area contributed by atoms with Crippen LogP contribution in [0.15, 0.2) is 16.8 Å². The van der Waals surface area contributed by atoms with Crippen LogP contribution in [-0.4, -0.2) is 55.5 Å². The van der Waals surface area contributed by atoms with Crippen molar-refractivity contribution in [2.75, 3.05) is 19.1 Å². The average Bonchev–Trinajstić information content (AvgIpc) is 2.85. The Labute approximate surface area is 127 Å². The Kier molecular flexibility index (Phi) is 6.16. The molecule has 1 rings (SSSR count). The van der Waals surface area contributed by atoms with Crippen molar-refractivity contribution >= 4 is 33.2 Å². The number of nitrogens with zero attached hydrogens (tertiary/aromatic N) is 1. The number of nitrogens with one attached hydrogen (secondary N) is 1. The summed E-state index contributed by atoms with van der Waals surface area (Å²) in [5.74, 6) is -1.55. The molecule has 0 saturated heterocycles. The summed E-state index contributed by atoms with van der Waals surface area (Å²) in [6.45, 7) is 0.355. The normalized spacial score (nSPS) is 12.7. The molecule has 1 aromatic heterocycles. The lowest BCUT2D eigenvalue weighted by Gasteiger charge is -2.21. The molecule has 1 aromatic rings. The van der Waals surface area contributed by atoms with Crippen molar-refractivity contribution in [3.05, 3.63) is 22.4 Å². The number of thiophene rings is 1. The van der Waals surface area contributed by atoms with Crippen molar-refractivity contribution in [2.24, 2.45) is 0 Å². The molecule has 1 atom stereocenters. The minimum atomic E-state index is -3.28. The van der Waals surface area contributed by atoms with Gasteiger partial charge in [-0.05, 0) is 28.8 Å². The maximum Gasteiger partial charge on any atom is 0.326 e. The van der Waals surface area contributed by atoms with Gasteiger partial charge in [0.1, 0.15) is 15.9 Å². The van der Waals surface area contributed by atoms with E-state index in [9.17, 15) is 18.0 Å². The first-order chi connectivity index (χ1) is 9.69. The summed E-state index contributed by atoms with van der Waals surface area (Å²) in [5, 5.41) is 15.1. The van der Waals surface area contributed by atoms with Crippen LogP contribution in [0.3, 0.4) is 0 Å². The summed E-state index contributed by atoms with van der Waals surface area (Å²) in [6.07, 6.45) is 0.864. The van der Waals surface area contributed by atoms with Gasteiger partial charge in [-0.25, -0.2) is 18.0 Å². The molecule has 0 aliphatic rings. The van der Waals surface area contributed by atoms with E-state index in [1.54, 1.807) is 7.05 Å². The van der Waals surface area contributed by atoms with Gasteiger partial charge in [0.25, 0.3) is 0 Å². The highest BCUT2D eigenvalue weighted by Gasteiger charge is 2.23. The number of carboxylic acids is 1. The van der Waals surface area contributed by atoms with Crippen LogP contribution in [0.5, 0.6) is 0 Å². The number of carbonyl (C=O) groups is 2. The Morgan fingerprint density at radius 3 is 2.62 bits per heavy atom. The van der Waals surface area contributed by atoms with Crippen molar-refractivity contribution in [1.29, 1.82) is 0 Å². The zero-order valence-corrected chi connectivity index (χ0v) is 13.4. The molecule has 0 spiro atoms. The fourth-order valence-corrected chi connectivity index (χ4v) is 2.90. The van der Waals surface area contributed by atoms with Crippen LogP contribution in [0.2, 0.25) is 0 Å². The highest BCUT2D eigenvalue weighted by molar-refractivity contribution is 7.90. The first-order valence-electron chi connectivity index (χ1n) is 6.12. The highest BCUT2D eigenvalue weighted by atomic mass is 32.2. The van der Waals surface area contributed by atoms with Gasteiger partial charge in [-0.3, -0.25) is 0 Å². The molecule has 0 aliphatic heterocycles. The van der Waals surface area contributed by atoms with Crippen LogP contribution < -0.4 is 5.32 Å². The lowest BCUT2D eigenvalue weighted by atomic mass is 10.2. The van der Waals surface area contributed by atoms with Crippen LogP contribution >= 0.6 is 11.3 Å². The maximum atomic E-state index is 11.9. The molecule has 2 amide bonds. The summed E-state index contributed by atoms with van der Waals surface area (Å²) in [4.78, 5) is 24.3.